The van der Waals surface area contributed by atoms with Crippen LogP contribution >= 0.6 is 0 Å². The molecule has 0 aliphatic heterocycles. The van der Waals surface area contributed by atoms with Crippen LogP contribution in [0.5, 0.6) is 0 Å². The average Bonchev–Trinajstić information content (AvgIpc) is 2.53. The van der Waals surface area contributed by atoms with Gasteiger partial charge in [-0.2, -0.15) is 0 Å². The zero-order valence-corrected chi connectivity index (χ0v) is 14.5. The fourth-order valence-corrected chi connectivity index (χ4v) is 2.22. The first-order valence-electron chi connectivity index (χ1n) is 7.95. The van der Waals surface area contributed by atoms with Gasteiger partial charge in [0.1, 0.15) is 5.78 Å². The molecule has 9 nitrogen and oxygen atoms in total. The van der Waals surface area contributed by atoms with Gasteiger partial charge in [-0.15, -0.1) is 20.4 Å². The van der Waals surface area contributed by atoms with Gasteiger partial charge >= 0.3 is 6.03 Å². The molecule has 0 saturated heterocycles. The number of hydrazine groups is 1. The summed E-state index contributed by atoms with van der Waals surface area (Å²) < 4.78 is 0. The van der Waals surface area contributed by atoms with Gasteiger partial charge in [-0.25, -0.2) is 10.2 Å². The first-order valence-corrected chi connectivity index (χ1v) is 7.95. The van der Waals surface area contributed by atoms with E-state index in [1.54, 1.807) is 6.07 Å². The Morgan fingerprint density at radius 2 is 1.80 bits per heavy atom. The minimum Gasteiger partial charge on any atom is -0.307 e. The van der Waals surface area contributed by atoms with Crippen molar-refractivity contribution in [3.8, 4) is 0 Å². The molecule has 0 bridgehead atoms. The highest BCUT2D eigenvalue weighted by molar-refractivity contribution is 5.90. The summed E-state index contributed by atoms with van der Waals surface area (Å²) in [6, 6.07) is 4.97. The summed E-state index contributed by atoms with van der Waals surface area (Å²) >= 11 is 0. The highest BCUT2D eigenvalue weighted by atomic mass is 16.2. The van der Waals surface area contributed by atoms with E-state index in [2.05, 4.69) is 36.6 Å². The number of rotatable bonds is 7. The molecule has 1 heterocycles. The van der Waals surface area contributed by atoms with Crippen LogP contribution in [0.1, 0.15) is 37.2 Å². The van der Waals surface area contributed by atoms with Gasteiger partial charge in [0, 0.05) is 18.5 Å². The van der Waals surface area contributed by atoms with Crippen molar-refractivity contribution in [1.29, 1.82) is 0 Å². The van der Waals surface area contributed by atoms with Crippen LogP contribution in [0.15, 0.2) is 18.2 Å². The molecule has 0 radical (unpaired) electrons. The second-order valence-electron chi connectivity index (χ2n) is 5.68. The molecule has 2 aromatic rings. The third-order valence-electron chi connectivity index (χ3n) is 3.13. The predicted molar refractivity (Wildman–Crippen MR) is 93.0 cm³/mol. The van der Waals surface area contributed by atoms with E-state index in [4.69, 9.17) is 0 Å². The minimum atomic E-state index is -0.499. The number of amides is 2. The summed E-state index contributed by atoms with van der Waals surface area (Å²) in [5.74, 6) is 0.707. The van der Waals surface area contributed by atoms with Crippen molar-refractivity contribution in [2.24, 2.45) is 0 Å². The van der Waals surface area contributed by atoms with Gasteiger partial charge in [0.15, 0.2) is 5.82 Å². The first-order chi connectivity index (χ1) is 12.0. The van der Waals surface area contributed by atoms with Gasteiger partial charge < -0.3 is 5.32 Å². The van der Waals surface area contributed by atoms with E-state index < -0.39 is 6.03 Å². The van der Waals surface area contributed by atoms with Crippen molar-refractivity contribution < 1.29 is 9.59 Å². The quantitative estimate of drug-likeness (QED) is 0.655. The number of hydrogen-bond acceptors (Lipinski definition) is 7. The largest absolute Gasteiger partial charge is 0.337 e. The van der Waals surface area contributed by atoms with Crippen molar-refractivity contribution in [3.63, 3.8) is 0 Å². The third-order valence-corrected chi connectivity index (χ3v) is 3.13. The zero-order chi connectivity index (χ0) is 18.2. The summed E-state index contributed by atoms with van der Waals surface area (Å²) in [5.41, 5.74) is 7.32. The van der Waals surface area contributed by atoms with E-state index in [0.717, 1.165) is 17.5 Å². The molecule has 3 N–H and O–H groups in total. The number of nitrogens with zero attached hydrogens (tertiary/aromatic N) is 4. The van der Waals surface area contributed by atoms with Crippen LogP contribution < -0.4 is 16.2 Å². The van der Waals surface area contributed by atoms with Crippen molar-refractivity contribution in [2.75, 3.05) is 10.7 Å². The standard InChI is InChI=1S/C16H21N7O2/c1-4-5-14-18-20-15(21-19-14)22-23-16(25)17-13-7-10(2)6-12(9-13)8-11(3)24/h6-7,9H,4-5,8H2,1-3H3,(H2,17,23,25)(H,20,21,22). The Hall–Kier alpha value is -3.10. The number of carbonyl (C=O) groups excluding carboxylic acids is 2. The van der Waals surface area contributed by atoms with Crippen LogP contribution in [-0.4, -0.2) is 32.2 Å². The summed E-state index contributed by atoms with van der Waals surface area (Å²) in [6.07, 6.45) is 1.93. The number of anilines is 2. The Bertz CT molecular complexity index is 747. The molecular weight excluding hydrogens is 322 g/mol. The van der Waals surface area contributed by atoms with Crippen molar-refractivity contribution >= 4 is 23.5 Å². The summed E-state index contributed by atoms with van der Waals surface area (Å²) in [4.78, 5) is 23.2. The van der Waals surface area contributed by atoms with Gasteiger partial charge in [0.25, 0.3) is 5.95 Å². The lowest BCUT2D eigenvalue weighted by Gasteiger charge is -2.10. The topological polar surface area (TPSA) is 122 Å². The highest BCUT2D eigenvalue weighted by Gasteiger charge is 2.06. The molecule has 0 spiro atoms. The smallest absolute Gasteiger partial charge is 0.307 e. The summed E-state index contributed by atoms with van der Waals surface area (Å²) in [5, 5.41) is 18.1. The molecule has 2 rings (SSSR count). The molecule has 0 aliphatic carbocycles. The molecule has 0 aliphatic rings. The van der Waals surface area contributed by atoms with Gasteiger partial charge in [-0.3, -0.25) is 10.2 Å². The Morgan fingerprint density at radius 1 is 1.08 bits per heavy atom. The molecule has 0 unspecified atom stereocenters. The lowest BCUT2D eigenvalue weighted by Crippen LogP contribution is -2.34. The van der Waals surface area contributed by atoms with E-state index in [0.29, 0.717) is 24.4 Å². The number of ketones is 1. The number of hydrogen-bond donors (Lipinski definition) is 3. The summed E-state index contributed by atoms with van der Waals surface area (Å²) in [7, 11) is 0. The molecule has 132 valence electrons. The minimum absolute atomic E-state index is 0.0614. The number of aryl methyl sites for hydroxylation is 2. The predicted octanol–water partition coefficient (Wildman–Crippen LogP) is 1.81. The molecule has 9 heteroatoms. The number of benzene rings is 1. The SMILES string of the molecule is CCCc1nnc(NNC(=O)Nc2cc(C)cc(CC(C)=O)c2)nn1. The van der Waals surface area contributed by atoms with Gasteiger partial charge in [-0.05, 0) is 43.5 Å². The lowest BCUT2D eigenvalue weighted by molar-refractivity contribution is -0.116. The molecular formula is C16H21N7O2. The van der Waals surface area contributed by atoms with Gasteiger partial charge in [0.2, 0.25) is 0 Å². The number of Topliss-reactive ketones (excluding diaryl/α,β-unsaturated/α-hetero) is 1. The molecule has 0 atom stereocenters. The third kappa shape index (κ3) is 6.13. The van der Waals surface area contributed by atoms with Crippen LogP contribution in [0.3, 0.4) is 0 Å². The number of aromatic nitrogens is 4. The maximum atomic E-state index is 12.0. The molecule has 2 amide bonds. The van der Waals surface area contributed by atoms with E-state index in [1.165, 1.54) is 6.92 Å². The molecule has 25 heavy (non-hydrogen) atoms. The van der Waals surface area contributed by atoms with Crippen molar-refractivity contribution in [3.05, 3.63) is 35.2 Å². The fraction of sp³-hybridized carbons (Fsp3) is 0.375. The van der Waals surface area contributed by atoms with Gasteiger partial charge in [0.05, 0.1) is 0 Å². The van der Waals surface area contributed by atoms with Crippen molar-refractivity contribution in [1.82, 2.24) is 25.8 Å². The van der Waals surface area contributed by atoms with E-state index in [-0.39, 0.29) is 11.7 Å². The molecule has 1 aromatic heterocycles. The van der Waals surface area contributed by atoms with Gasteiger partial charge in [-0.1, -0.05) is 13.0 Å². The maximum Gasteiger partial charge on any atom is 0.337 e. The number of urea groups is 1. The van der Waals surface area contributed by atoms with Crippen LogP contribution in [0.2, 0.25) is 0 Å². The summed E-state index contributed by atoms with van der Waals surface area (Å²) in [6.45, 7) is 5.43. The normalized spacial score (nSPS) is 10.2. The second-order valence-corrected chi connectivity index (χ2v) is 5.68. The zero-order valence-electron chi connectivity index (χ0n) is 14.5. The molecule has 1 aromatic carbocycles. The van der Waals surface area contributed by atoms with E-state index in [9.17, 15) is 9.59 Å². The van der Waals surface area contributed by atoms with Crippen LogP contribution in [0, 0.1) is 6.92 Å². The number of nitrogens with one attached hydrogen (secondary N) is 3. The Balaban J connectivity index is 1.91. The number of carbonyl (C=O) groups is 2. The van der Waals surface area contributed by atoms with Crippen LogP contribution in [0.25, 0.3) is 0 Å². The first kappa shape index (κ1) is 18.2. The monoisotopic (exact) mass is 343 g/mol. The van der Waals surface area contributed by atoms with E-state index >= 15 is 0 Å². The maximum absolute atomic E-state index is 12.0. The highest BCUT2D eigenvalue weighted by Crippen LogP contribution is 2.15. The van der Waals surface area contributed by atoms with E-state index in [1.807, 2.05) is 26.0 Å². The Labute approximate surface area is 145 Å². The van der Waals surface area contributed by atoms with Crippen LogP contribution in [0.4, 0.5) is 16.4 Å². The second kappa shape index (κ2) is 8.67. The van der Waals surface area contributed by atoms with Crippen LogP contribution in [-0.2, 0) is 17.6 Å². The average molecular weight is 343 g/mol. The van der Waals surface area contributed by atoms with Crippen molar-refractivity contribution in [2.45, 2.75) is 40.0 Å². The lowest BCUT2D eigenvalue weighted by atomic mass is 10.1. The Morgan fingerprint density at radius 3 is 2.44 bits per heavy atom. The fourth-order valence-electron chi connectivity index (χ4n) is 2.22. The molecule has 0 saturated carbocycles. The molecule has 0 fully saturated rings. The Kier molecular flexibility index (Phi) is 6.33.